The molecule has 0 aromatic heterocycles. The summed E-state index contributed by atoms with van der Waals surface area (Å²) >= 11 is 0. The number of halogens is 6. The van der Waals surface area contributed by atoms with Gasteiger partial charge in [0.2, 0.25) is 0 Å². The van der Waals surface area contributed by atoms with Gasteiger partial charge in [-0.25, -0.2) is 0 Å². The molecule has 0 amide bonds. The van der Waals surface area contributed by atoms with E-state index >= 15 is 0 Å². The minimum atomic E-state index is -5.36. The predicted molar refractivity (Wildman–Crippen MR) is 52.8 cm³/mol. The van der Waals surface area contributed by atoms with Crippen LogP contribution in [0.2, 0.25) is 0 Å². The number of carboxylic acid groups (broad SMARTS) is 1. The highest BCUT2D eigenvalue weighted by molar-refractivity contribution is 5.66. The lowest BCUT2D eigenvalue weighted by Crippen LogP contribution is -2.67. The fourth-order valence-corrected chi connectivity index (χ4v) is 1.85. The number of carboxylic acids is 1. The zero-order valence-corrected chi connectivity index (χ0v) is 9.81. The van der Waals surface area contributed by atoms with Crippen molar-refractivity contribution in [2.75, 3.05) is 19.6 Å². The SMILES string of the molecule is O=C(O)CCCCN1CC(F)(F)C(F)(F)C(F)(F)C1. The summed E-state index contributed by atoms with van der Waals surface area (Å²) in [7, 11) is 0. The van der Waals surface area contributed by atoms with Crippen molar-refractivity contribution in [3.63, 3.8) is 0 Å². The quantitative estimate of drug-likeness (QED) is 0.625. The van der Waals surface area contributed by atoms with Crippen molar-refractivity contribution in [2.45, 2.75) is 37.0 Å². The number of unbranched alkanes of at least 4 members (excludes halogenated alkanes) is 1. The Balaban J connectivity index is 2.58. The minimum Gasteiger partial charge on any atom is -0.481 e. The summed E-state index contributed by atoms with van der Waals surface area (Å²) in [5.41, 5.74) is 0. The molecule has 0 spiro atoms. The summed E-state index contributed by atoms with van der Waals surface area (Å²) in [6, 6.07) is 0. The second kappa shape index (κ2) is 5.18. The van der Waals surface area contributed by atoms with Gasteiger partial charge in [0.15, 0.2) is 0 Å². The highest BCUT2D eigenvalue weighted by Gasteiger charge is 2.74. The molecule has 0 unspecified atom stereocenters. The molecule has 1 fully saturated rings. The minimum absolute atomic E-state index is 0.0734. The number of hydrogen-bond donors (Lipinski definition) is 1. The maximum Gasteiger partial charge on any atom is 0.374 e. The van der Waals surface area contributed by atoms with E-state index in [4.69, 9.17) is 5.11 Å². The fourth-order valence-electron chi connectivity index (χ4n) is 1.85. The van der Waals surface area contributed by atoms with Crippen LogP contribution in [0.3, 0.4) is 0 Å². The van der Waals surface area contributed by atoms with Gasteiger partial charge in [0, 0.05) is 6.42 Å². The standard InChI is InChI=1S/C10H13F6NO2/c11-8(12)5-17(4-2-1-3-7(18)19)6-9(13,14)10(8,15)16/h1-6H2,(H,18,19). The summed E-state index contributed by atoms with van der Waals surface area (Å²) < 4.78 is 77.6. The normalized spacial score (nSPS) is 25.2. The number of nitrogens with zero attached hydrogens (tertiary/aromatic N) is 1. The third kappa shape index (κ3) is 3.31. The Morgan fingerprint density at radius 3 is 1.89 bits per heavy atom. The molecule has 0 atom stereocenters. The largest absolute Gasteiger partial charge is 0.481 e. The van der Waals surface area contributed by atoms with E-state index in [-0.39, 0.29) is 25.8 Å². The number of aliphatic carboxylic acids is 1. The Labute approximate surface area is 105 Å². The number of likely N-dealkylation sites (tertiary alicyclic amines) is 1. The van der Waals surface area contributed by atoms with Crippen molar-refractivity contribution in [3.05, 3.63) is 0 Å². The Morgan fingerprint density at radius 2 is 1.47 bits per heavy atom. The number of alkyl halides is 6. The second-order valence-electron chi connectivity index (χ2n) is 4.54. The van der Waals surface area contributed by atoms with Gasteiger partial charge in [0.25, 0.3) is 0 Å². The van der Waals surface area contributed by atoms with Crippen LogP contribution in [-0.4, -0.2) is 53.4 Å². The van der Waals surface area contributed by atoms with Crippen LogP contribution in [0.1, 0.15) is 19.3 Å². The van der Waals surface area contributed by atoms with E-state index in [2.05, 4.69) is 0 Å². The number of piperidine rings is 1. The highest BCUT2D eigenvalue weighted by atomic mass is 19.3. The Hall–Kier alpha value is -0.990. The van der Waals surface area contributed by atoms with Crippen LogP contribution in [0, 0.1) is 0 Å². The lowest BCUT2D eigenvalue weighted by molar-refractivity contribution is -0.338. The van der Waals surface area contributed by atoms with Crippen molar-refractivity contribution >= 4 is 5.97 Å². The third-order valence-electron chi connectivity index (χ3n) is 2.88. The van der Waals surface area contributed by atoms with E-state index in [1.165, 1.54) is 0 Å². The molecule has 1 rings (SSSR count). The first-order valence-corrected chi connectivity index (χ1v) is 5.57. The molecule has 1 saturated heterocycles. The molecule has 1 aliphatic rings. The number of hydrogen-bond acceptors (Lipinski definition) is 2. The van der Waals surface area contributed by atoms with Gasteiger partial charge in [-0.1, -0.05) is 0 Å². The molecule has 1 aliphatic heterocycles. The van der Waals surface area contributed by atoms with E-state index in [1.54, 1.807) is 0 Å². The molecule has 9 heteroatoms. The monoisotopic (exact) mass is 293 g/mol. The summed E-state index contributed by atoms with van der Waals surface area (Å²) in [6.07, 6.45) is -0.0415. The second-order valence-corrected chi connectivity index (χ2v) is 4.54. The number of carbonyl (C=O) groups is 1. The predicted octanol–water partition coefficient (Wildman–Crippen LogP) is 2.46. The Bertz CT molecular complexity index is 327. The molecule has 1 N–H and O–H groups in total. The molecular weight excluding hydrogens is 280 g/mol. The van der Waals surface area contributed by atoms with Crippen molar-refractivity contribution in [1.29, 1.82) is 0 Å². The van der Waals surface area contributed by atoms with Crippen LogP contribution in [-0.2, 0) is 4.79 Å². The molecule has 0 aliphatic carbocycles. The molecule has 0 aromatic carbocycles. The van der Waals surface area contributed by atoms with E-state index in [0.29, 0.717) is 4.90 Å². The first-order chi connectivity index (χ1) is 8.49. The zero-order valence-electron chi connectivity index (χ0n) is 9.81. The summed E-state index contributed by atoms with van der Waals surface area (Å²) in [4.78, 5) is 10.7. The van der Waals surface area contributed by atoms with Crippen LogP contribution in [0.25, 0.3) is 0 Å². The van der Waals surface area contributed by atoms with Crippen molar-refractivity contribution in [1.82, 2.24) is 4.90 Å². The Kier molecular flexibility index (Phi) is 4.38. The average Bonchev–Trinajstić information content (AvgIpc) is 2.20. The molecule has 0 saturated carbocycles. The maximum absolute atomic E-state index is 13.0. The van der Waals surface area contributed by atoms with Gasteiger partial charge in [-0.2, -0.15) is 26.3 Å². The van der Waals surface area contributed by atoms with Crippen molar-refractivity contribution in [3.8, 4) is 0 Å². The molecule has 0 bridgehead atoms. The topological polar surface area (TPSA) is 40.5 Å². The molecule has 0 radical (unpaired) electrons. The van der Waals surface area contributed by atoms with Crippen molar-refractivity contribution < 1.29 is 36.2 Å². The van der Waals surface area contributed by atoms with E-state index in [0.717, 1.165) is 0 Å². The van der Waals surface area contributed by atoms with Gasteiger partial charge >= 0.3 is 23.7 Å². The van der Waals surface area contributed by atoms with Gasteiger partial charge in [0.05, 0.1) is 13.1 Å². The smallest absolute Gasteiger partial charge is 0.374 e. The highest BCUT2D eigenvalue weighted by Crippen LogP contribution is 2.49. The Morgan fingerprint density at radius 1 is 1.00 bits per heavy atom. The zero-order chi connectivity index (χ0) is 14.9. The molecule has 112 valence electrons. The first kappa shape index (κ1) is 16.1. The molecular formula is C10H13F6NO2. The maximum atomic E-state index is 13.0. The first-order valence-electron chi connectivity index (χ1n) is 5.57. The van der Waals surface area contributed by atoms with Crippen molar-refractivity contribution in [2.24, 2.45) is 0 Å². The lowest BCUT2D eigenvalue weighted by Gasteiger charge is -2.42. The van der Waals surface area contributed by atoms with Gasteiger partial charge in [-0.05, 0) is 19.4 Å². The average molecular weight is 293 g/mol. The summed E-state index contributed by atoms with van der Waals surface area (Å²) in [5.74, 6) is -16.1. The molecule has 3 nitrogen and oxygen atoms in total. The van der Waals surface area contributed by atoms with Gasteiger partial charge in [0.1, 0.15) is 0 Å². The fraction of sp³-hybridized carbons (Fsp3) is 0.900. The molecule has 0 aromatic rings. The molecule has 1 heterocycles. The van der Waals surface area contributed by atoms with E-state index < -0.39 is 36.8 Å². The third-order valence-corrected chi connectivity index (χ3v) is 2.88. The molecule has 19 heavy (non-hydrogen) atoms. The van der Waals surface area contributed by atoms with Crippen LogP contribution in [0.15, 0.2) is 0 Å². The van der Waals surface area contributed by atoms with E-state index in [9.17, 15) is 31.1 Å². The van der Waals surface area contributed by atoms with Gasteiger partial charge < -0.3 is 5.11 Å². The lowest BCUT2D eigenvalue weighted by atomic mass is 9.98. The van der Waals surface area contributed by atoms with Crippen LogP contribution in [0.5, 0.6) is 0 Å². The van der Waals surface area contributed by atoms with Crippen LogP contribution in [0.4, 0.5) is 26.3 Å². The van der Waals surface area contributed by atoms with Gasteiger partial charge in [-0.15, -0.1) is 0 Å². The van der Waals surface area contributed by atoms with Crippen LogP contribution < -0.4 is 0 Å². The summed E-state index contributed by atoms with van der Waals surface area (Å²) in [6.45, 7) is -3.18. The van der Waals surface area contributed by atoms with Gasteiger partial charge in [-0.3, -0.25) is 9.69 Å². The number of rotatable bonds is 5. The van der Waals surface area contributed by atoms with Crippen LogP contribution >= 0.6 is 0 Å². The van der Waals surface area contributed by atoms with E-state index in [1.807, 2.05) is 0 Å². The summed E-state index contributed by atoms with van der Waals surface area (Å²) in [5, 5.41) is 8.33.